The molecule has 2 saturated carbocycles. The minimum absolute atomic E-state index is 0.162. The van der Waals surface area contributed by atoms with Crippen LogP contribution in [0.15, 0.2) is 91.0 Å². The van der Waals surface area contributed by atoms with Crippen LogP contribution in [0.4, 0.5) is 0 Å². The van der Waals surface area contributed by atoms with Crippen LogP contribution in [-0.2, 0) is 10.3 Å². The van der Waals surface area contributed by atoms with E-state index in [9.17, 15) is 5.11 Å². The maximum atomic E-state index is 12.4. The van der Waals surface area contributed by atoms with Gasteiger partial charge in [-0.25, -0.2) is 0 Å². The lowest BCUT2D eigenvalue weighted by Crippen LogP contribution is -2.51. The van der Waals surface area contributed by atoms with Crippen molar-refractivity contribution in [2.24, 2.45) is 23.2 Å². The average molecular weight is 527 g/mol. The second kappa shape index (κ2) is 10.4. The third-order valence-electron chi connectivity index (χ3n) is 9.58. The van der Waals surface area contributed by atoms with Gasteiger partial charge < -0.3 is 9.84 Å². The van der Waals surface area contributed by atoms with Crippen molar-refractivity contribution in [3.63, 3.8) is 0 Å². The Morgan fingerprint density at radius 1 is 0.789 bits per heavy atom. The van der Waals surface area contributed by atoms with Crippen molar-refractivity contribution in [1.82, 2.24) is 0 Å². The van der Waals surface area contributed by atoms with Crippen molar-refractivity contribution in [3.8, 4) is 0 Å². The smallest absolute Gasteiger partial charge is 0.143 e. The number of benzene rings is 3. The van der Waals surface area contributed by atoms with Gasteiger partial charge in [0.1, 0.15) is 5.60 Å². The molecule has 1 unspecified atom stereocenters. The lowest BCUT2D eigenvalue weighted by molar-refractivity contribution is -0.109. The summed E-state index contributed by atoms with van der Waals surface area (Å²) in [5.74, 6) is 0.960. The summed E-state index contributed by atoms with van der Waals surface area (Å²) >= 11 is 0. The second-order valence-corrected chi connectivity index (χ2v) is 19.4. The number of ether oxygens (including phenoxy) is 1. The summed E-state index contributed by atoms with van der Waals surface area (Å²) in [5.41, 5.74) is 2.31. The molecule has 0 aliphatic heterocycles. The monoisotopic (exact) mass is 526 g/mol. The fraction of sp³-hybridized carbons (Fsp3) is 0.486. The molecule has 1 N–H and O–H groups in total. The van der Waals surface area contributed by atoms with Gasteiger partial charge in [-0.3, -0.25) is 0 Å². The van der Waals surface area contributed by atoms with Gasteiger partial charge in [-0.2, -0.15) is 0 Å². The topological polar surface area (TPSA) is 29.5 Å². The second-order valence-electron chi connectivity index (χ2n) is 13.8. The van der Waals surface area contributed by atoms with Gasteiger partial charge in [-0.1, -0.05) is 137 Å². The fourth-order valence-corrected chi connectivity index (χ4v) is 9.89. The van der Waals surface area contributed by atoms with Crippen LogP contribution in [0.3, 0.4) is 0 Å². The van der Waals surface area contributed by atoms with E-state index < -0.39 is 19.3 Å². The highest BCUT2D eigenvalue weighted by molar-refractivity contribution is 6.76. The van der Waals surface area contributed by atoms with E-state index >= 15 is 0 Å². The summed E-state index contributed by atoms with van der Waals surface area (Å²) in [7, 11) is -1.42. The third-order valence-corrected chi connectivity index (χ3v) is 11.2. The van der Waals surface area contributed by atoms with Crippen LogP contribution in [0, 0.1) is 23.2 Å². The SMILES string of the molecule is CC1(C)CCC[C@]2(O)C1C[C@@H](COC(c1ccccc1)(c1ccccc1)c1ccccc1)[C@H]2C[Si](C)(C)C. The molecule has 3 heteroatoms. The van der Waals surface area contributed by atoms with Gasteiger partial charge in [-0.15, -0.1) is 0 Å². The van der Waals surface area contributed by atoms with Crippen LogP contribution >= 0.6 is 0 Å². The summed E-state index contributed by atoms with van der Waals surface area (Å²) in [6.07, 6.45) is 4.31. The van der Waals surface area contributed by atoms with Crippen LogP contribution in [0.25, 0.3) is 0 Å². The van der Waals surface area contributed by atoms with Gasteiger partial charge in [0, 0.05) is 8.07 Å². The minimum Gasteiger partial charge on any atom is -0.389 e. The number of fused-ring (bicyclic) bond motifs is 1. The van der Waals surface area contributed by atoms with Crippen molar-refractivity contribution >= 4 is 8.07 Å². The summed E-state index contributed by atoms with van der Waals surface area (Å²) < 4.78 is 7.34. The Morgan fingerprint density at radius 2 is 1.26 bits per heavy atom. The Morgan fingerprint density at radius 3 is 1.71 bits per heavy atom. The molecule has 3 aromatic carbocycles. The molecule has 2 aliphatic carbocycles. The Balaban J connectivity index is 1.58. The van der Waals surface area contributed by atoms with Crippen LogP contribution in [0.2, 0.25) is 25.7 Å². The first-order chi connectivity index (χ1) is 18.1. The number of hydrogen-bond donors (Lipinski definition) is 1. The molecule has 0 bridgehead atoms. The molecule has 0 saturated heterocycles. The Labute approximate surface area is 231 Å². The predicted octanol–water partition coefficient (Wildman–Crippen LogP) is 8.53. The van der Waals surface area contributed by atoms with E-state index in [1.165, 1.54) is 6.42 Å². The molecule has 2 aliphatic rings. The summed E-state index contributed by atoms with van der Waals surface area (Å²) in [6, 6.07) is 33.3. The van der Waals surface area contributed by atoms with Crippen LogP contribution < -0.4 is 0 Å². The van der Waals surface area contributed by atoms with E-state index in [1.807, 2.05) is 0 Å². The molecule has 2 fully saturated rings. The highest BCUT2D eigenvalue weighted by Gasteiger charge is 2.60. The molecular formula is C35H46O2Si. The minimum atomic E-state index is -1.42. The van der Waals surface area contributed by atoms with Crippen molar-refractivity contribution in [2.75, 3.05) is 6.61 Å². The zero-order valence-corrected chi connectivity index (χ0v) is 25.0. The van der Waals surface area contributed by atoms with E-state index in [-0.39, 0.29) is 5.41 Å². The standard InChI is InChI=1S/C35H46O2Si/c1-33(2)22-15-23-34(36)31(26-38(3,4)5)27(24-32(33)34)25-37-35(28-16-9-6-10-17-28,29-18-11-7-12-19-29)30-20-13-8-14-21-30/h6-14,16-21,27,31-32,36H,15,22-26H2,1-5H3/t27-,31+,32?,34+/m0/s1. The quantitative estimate of drug-likeness (QED) is 0.235. The molecule has 4 atom stereocenters. The fourth-order valence-electron chi connectivity index (χ4n) is 7.88. The van der Waals surface area contributed by atoms with Crippen LogP contribution in [-0.4, -0.2) is 25.4 Å². The van der Waals surface area contributed by atoms with Gasteiger partial charge in [0.15, 0.2) is 0 Å². The molecule has 0 heterocycles. The van der Waals surface area contributed by atoms with Crippen molar-refractivity contribution in [1.29, 1.82) is 0 Å². The maximum absolute atomic E-state index is 12.4. The van der Waals surface area contributed by atoms with E-state index in [0.29, 0.717) is 24.4 Å². The first-order valence-corrected chi connectivity index (χ1v) is 18.3. The maximum Gasteiger partial charge on any atom is 0.143 e. The summed E-state index contributed by atoms with van der Waals surface area (Å²) in [6.45, 7) is 12.8. The van der Waals surface area contributed by atoms with Gasteiger partial charge in [0.2, 0.25) is 0 Å². The molecule has 0 radical (unpaired) electrons. The highest BCUT2D eigenvalue weighted by atomic mass is 28.3. The summed E-state index contributed by atoms with van der Waals surface area (Å²) in [4.78, 5) is 0. The lowest BCUT2D eigenvalue weighted by atomic mass is 9.61. The van der Waals surface area contributed by atoms with Gasteiger partial charge in [-0.05, 0) is 59.1 Å². The molecule has 2 nitrogen and oxygen atoms in total. The van der Waals surface area contributed by atoms with Crippen molar-refractivity contribution in [2.45, 2.75) is 76.4 Å². The predicted molar refractivity (Wildman–Crippen MR) is 161 cm³/mol. The van der Waals surface area contributed by atoms with Crippen molar-refractivity contribution in [3.05, 3.63) is 108 Å². The zero-order chi connectivity index (χ0) is 27.0. The summed E-state index contributed by atoms with van der Waals surface area (Å²) in [5, 5.41) is 12.4. The first kappa shape index (κ1) is 27.4. The molecular weight excluding hydrogens is 480 g/mol. The number of aliphatic hydroxyl groups is 1. The molecule has 202 valence electrons. The largest absolute Gasteiger partial charge is 0.389 e. The highest BCUT2D eigenvalue weighted by Crippen LogP contribution is 2.60. The zero-order valence-electron chi connectivity index (χ0n) is 24.0. The number of hydrogen-bond acceptors (Lipinski definition) is 2. The van der Waals surface area contributed by atoms with Crippen LogP contribution in [0.1, 0.15) is 56.2 Å². The van der Waals surface area contributed by atoms with Crippen LogP contribution in [0.5, 0.6) is 0 Å². The first-order valence-electron chi connectivity index (χ1n) is 14.6. The molecule has 0 spiro atoms. The third kappa shape index (κ3) is 5.06. The van der Waals surface area contributed by atoms with Gasteiger partial charge in [0.25, 0.3) is 0 Å². The van der Waals surface area contributed by atoms with E-state index in [4.69, 9.17) is 4.74 Å². The van der Waals surface area contributed by atoms with Crippen molar-refractivity contribution < 1.29 is 9.84 Å². The molecule has 0 aromatic heterocycles. The normalized spacial score (nSPS) is 27.2. The Kier molecular flexibility index (Phi) is 7.50. The molecule has 0 amide bonds. The van der Waals surface area contributed by atoms with E-state index in [2.05, 4.69) is 124 Å². The van der Waals surface area contributed by atoms with E-state index in [0.717, 1.165) is 42.0 Å². The molecule has 38 heavy (non-hydrogen) atoms. The van der Waals surface area contributed by atoms with Gasteiger partial charge >= 0.3 is 0 Å². The average Bonchev–Trinajstić information content (AvgIpc) is 3.18. The molecule has 5 rings (SSSR count). The Hall–Kier alpha value is -2.20. The Bertz CT molecular complexity index is 1090. The molecule has 3 aromatic rings. The number of rotatable bonds is 8. The lowest BCUT2D eigenvalue weighted by Gasteiger charge is -2.49. The van der Waals surface area contributed by atoms with Gasteiger partial charge in [0.05, 0.1) is 12.2 Å². The van der Waals surface area contributed by atoms with E-state index in [1.54, 1.807) is 0 Å².